The molecule has 102 valence electrons. The minimum Gasteiger partial charge on any atom is -0.292 e. The second-order valence-corrected chi connectivity index (χ2v) is 5.48. The number of halogens is 1. The molecule has 0 aliphatic heterocycles. The highest BCUT2D eigenvalue weighted by atomic mass is 79.9. The molecule has 1 atom stereocenters. The molecule has 0 amide bonds. The lowest BCUT2D eigenvalue weighted by molar-refractivity contribution is 0.0980. The number of aromatic nitrogens is 2. The summed E-state index contributed by atoms with van der Waals surface area (Å²) in [6, 6.07) is 14.8. The van der Waals surface area contributed by atoms with Crippen molar-refractivity contribution in [2.24, 2.45) is 0 Å². The molecule has 0 bridgehead atoms. The van der Waals surface area contributed by atoms with E-state index in [1.807, 2.05) is 30.3 Å². The number of benzene rings is 1. The Bertz CT molecular complexity index is 846. The topological polar surface area (TPSA) is 58.2 Å². The molecule has 2 heterocycles. The largest absolute Gasteiger partial charge is 0.292 e. The summed E-state index contributed by atoms with van der Waals surface area (Å²) in [4.78, 5) is 12.6. The average molecular weight is 340 g/mol. The van der Waals surface area contributed by atoms with Gasteiger partial charge in [0.25, 0.3) is 0 Å². The van der Waals surface area contributed by atoms with Gasteiger partial charge in [-0.2, -0.15) is 10.4 Å². The quantitative estimate of drug-likeness (QED) is 0.685. The number of carbonyl (C=O) groups excluding carboxylic acids is 1. The van der Waals surface area contributed by atoms with E-state index in [4.69, 9.17) is 0 Å². The summed E-state index contributed by atoms with van der Waals surface area (Å²) < 4.78 is 2.54. The monoisotopic (exact) mass is 339 g/mol. The Morgan fingerprint density at radius 1 is 1.24 bits per heavy atom. The Balaban J connectivity index is 2.03. The fourth-order valence-corrected chi connectivity index (χ4v) is 2.48. The van der Waals surface area contributed by atoms with E-state index in [9.17, 15) is 10.1 Å². The van der Waals surface area contributed by atoms with Crippen LogP contribution < -0.4 is 0 Å². The summed E-state index contributed by atoms with van der Waals surface area (Å²) in [5, 5.41) is 13.5. The zero-order chi connectivity index (χ0) is 14.8. The highest BCUT2D eigenvalue weighted by Gasteiger charge is 2.24. The summed E-state index contributed by atoms with van der Waals surface area (Å²) in [5.74, 6) is -1.06. The number of hydrogen-bond acceptors (Lipinski definition) is 3. The van der Waals surface area contributed by atoms with Crippen LogP contribution in [0.2, 0.25) is 0 Å². The van der Waals surface area contributed by atoms with E-state index in [1.165, 1.54) is 6.20 Å². The smallest absolute Gasteiger partial charge is 0.188 e. The fourth-order valence-electron chi connectivity index (χ4n) is 2.22. The maximum absolute atomic E-state index is 12.6. The van der Waals surface area contributed by atoms with E-state index in [2.05, 4.69) is 27.1 Å². The van der Waals surface area contributed by atoms with Gasteiger partial charge in [0.2, 0.25) is 0 Å². The minimum atomic E-state index is -0.827. The van der Waals surface area contributed by atoms with Crippen molar-refractivity contribution in [1.82, 2.24) is 9.61 Å². The number of rotatable bonds is 3. The van der Waals surface area contributed by atoms with Crippen molar-refractivity contribution in [1.29, 1.82) is 5.26 Å². The summed E-state index contributed by atoms with van der Waals surface area (Å²) in [6.07, 6.45) is 3.29. The zero-order valence-electron chi connectivity index (χ0n) is 10.9. The molecule has 2 aromatic heterocycles. The number of carbonyl (C=O) groups is 1. The van der Waals surface area contributed by atoms with Crippen molar-refractivity contribution in [2.45, 2.75) is 5.92 Å². The van der Waals surface area contributed by atoms with Crippen LogP contribution in [0.25, 0.3) is 5.52 Å². The van der Waals surface area contributed by atoms with Gasteiger partial charge in [0.1, 0.15) is 5.92 Å². The highest BCUT2D eigenvalue weighted by Crippen LogP contribution is 2.24. The van der Waals surface area contributed by atoms with Crippen LogP contribution in [0, 0.1) is 11.3 Å². The second-order valence-electron chi connectivity index (χ2n) is 4.57. The summed E-state index contributed by atoms with van der Waals surface area (Å²) >= 11 is 3.34. The van der Waals surface area contributed by atoms with Crippen LogP contribution in [0.15, 0.2) is 59.3 Å². The highest BCUT2D eigenvalue weighted by molar-refractivity contribution is 9.10. The van der Waals surface area contributed by atoms with Crippen LogP contribution in [0.3, 0.4) is 0 Å². The SMILES string of the molecule is N#CC(C(=O)c1cnn2ccccc12)c1ccc(Br)cc1. The van der Waals surface area contributed by atoms with Crippen molar-refractivity contribution in [3.8, 4) is 6.07 Å². The van der Waals surface area contributed by atoms with E-state index in [0.29, 0.717) is 16.6 Å². The lowest BCUT2D eigenvalue weighted by atomic mass is 9.92. The Morgan fingerprint density at radius 2 is 2.00 bits per heavy atom. The molecule has 0 saturated heterocycles. The molecule has 0 aliphatic carbocycles. The summed E-state index contributed by atoms with van der Waals surface area (Å²) in [7, 11) is 0. The van der Waals surface area contributed by atoms with Gasteiger partial charge in [-0.05, 0) is 29.8 Å². The molecule has 5 heteroatoms. The minimum absolute atomic E-state index is 0.235. The van der Waals surface area contributed by atoms with Crippen molar-refractivity contribution >= 4 is 27.2 Å². The molecule has 0 radical (unpaired) electrons. The predicted molar refractivity (Wildman–Crippen MR) is 82.0 cm³/mol. The normalized spacial score (nSPS) is 12.0. The first-order valence-electron chi connectivity index (χ1n) is 6.32. The van der Waals surface area contributed by atoms with E-state index < -0.39 is 5.92 Å². The lowest BCUT2D eigenvalue weighted by Crippen LogP contribution is -2.11. The van der Waals surface area contributed by atoms with Crippen molar-refractivity contribution in [3.05, 3.63) is 70.5 Å². The lowest BCUT2D eigenvalue weighted by Gasteiger charge is -2.07. The van der Waals surface area contributed by atoms with Crippen LogP contribution in [0.1, 0.15) is 21.8 Å². The number of Topliss-reactive ketones (excluding diaryl/α,β-unsaturated/α-hetero) is 1. The molecule has 1 aromatic carbocycles. The molecule has 21 heavy (non-hydrogen) atoms. The third-order valence-corrected chi connectivity index (χ3v) is 3.82. The van der Waals surface area contributed by atoms with Crippen LogP contribution in [0.4, 0.5) is 0 Å². The van der Waals surface area contributed by atoms with Crippen molar-refractivity contribution in [2.75, 3.05) is 0 Å². The maximum atomic E-state index is 12.6. The Hall–Kier alpha value is -2.45. The predicted octanol–water partition coefficient (Wildman–Crippen LogP) is 3.59. The number of ketones is 1. The first kappa shape index (κ1) is 13.5. The Labute approximate surface area is 129 Å². The number of nitriles is 1. The number of nitrogens with zero attached hydrogens (tertiary/aromatic N) is 3. The van der Waals surface area contributed by atoms with Crippen LogP contribution in [-0.4, -0.2) is 15.4 Å². The molecule has 1 unspecified atom stereocenters. The van der Waals surface area contributed by atoms with Gasteiger partial charge in [-0.1, -0.05) is 34.1 Å². The second kappa shape index (κ2) is 5.51. The molecular formula is C16H10BrN3O. The van der Waals surface area contributed by atoms with Crippen molar-refractivity contribution in [3.63, 3.8) is 0 Å². The number of fused-ring (bicyclic) bond motifs is 1. The van der Waals surface area contributed by atoms with Gasteiger partial charge >= 0.3 is 0 Å². The van der Waals surface area contributed by atoms with Crippen LogP contribution in [-0.2, 0) is 0 Å². The molecule has 3 aromatic rings. The molecule has 0 aliphatic rings. The zero-order valence-corrected chi connectivity index (χ0v) is 12.5. The van der Waals surface area contributed by atoms with Gasteiger partial charge in [-0.25, -0.2) is 4.52 Å². The van der Waals surface area contributed by atoms with Crippen LogP contribution in [0.5, 0.6) is 0 Å². The van der Waals surface area contributed by atoms with E-state index >= 15 is 0 Å². The fraction of sp³-hybridized carbons (Fsp3) is 0.0625. The first-order chi connectivity index (χ1) is 10.2. The Kier molecular flexibility index (Phi) is 3.55. The van der Waals surface area contributed by atoms with Gasteiger partial charge < -0.3 is 0 Å². The van der Waals surface area contributed by atoms with Gasteiger partial charge in [0.15, 0.2) is 5.78 Å². The van der Waals surface area contributed by atoms with E-state index in [1.54, 1.807) is 22.8 Å². The molecule has 0 saturated carbocycles. The van der Waals surface area contributed by atoms with E-state index in [0.717, 1.165) is 4.47 Å². The van der Waals surface area contributed by atoms with Gasteiger partial charge in [-0.15, -0.1) is 0 Å². The Morgan fingerprint density at radius 3 is 2.71 bits per heavy atom. The molecule has 0 N–H and O–H groups in total. The molecular weight excluding hydrogens is 330 g/mol. The molecule has 0 spiro atoms. The standard InChI is InChI=1S/C16H10BrN3O/c17-12-6-4-11(5-7-12)13(9-18)16(21)14-10-19-20-8-2-1-3-15(14)20/h1-8,10,13H. The van der Waals surface area contributed by atoms with Crippen LogP contribution >= 0.6 is 15.9 Å². The van der Waals surface area contributed by atoms with Crippen molar-refractivity contribution < 1.29 is 4.79 Å². The van der Waals surface area contributed by atoms with E-state index in [-0.39, 0.29) is 5.78 Å². The average Bonchev–Trinajstić information content (AvgIpc) is 2.94. The number of pyridine rings is 1. The molecule has 4 nitrogen and oxygen atoms in total. The summed E-state index contributed by atoms with van der Waals surface area (Å²) in [6.45, 7) is 0. The third-order valence-electron chi connectivity index (χ3n) is 3.29. The maximum Gasteiger partial charge on any atom is 0.188 e. The molecule has 0 fully saturated rings. The van der Waals surface area contributed by atoms with Gasteiger partial charge in [0, 0.05) is 10.7 Å². The third kappa shape index (κ3) is 2.46. The van der Waals surface area contributed by atoms with Gasteiger partial charge in [0.05, 0.1) is 23.3 Å². The number of hydrogen-bond donors (Lipinski definition) is 0. The first-order valence-corrected chi connectivity index (χ1v) is 7.11. The van der Waals surface area contributed by atoms with Gasteiger partial charge in [-0.3, -0.25) is 4.79 Å². The summed E-state index contributed by atoms with van der Waals surface area (Å²) in [5.41, 5.74) is 1.85. The molecule has 3 rings (SSSR count).